The largest absolute Gasteiger partial charge is 0.811 e. The van der Waals surface area contributed by atoms with Crippen molar-refractivity contribution in [1.29, 1.82) is 0 Å². The number of ether oxygens (including phenoxy) is 5. The molecule has 0 aromatic carbocycles. The molecule has 6 rings (SSSR count). The third kappa shape index (κ3) is 11.4. The molecule has 29 heteroatoms. The minimum absolute atomic E-state index is 0.0106. The van der Waals surface area contributed by atoms with E-state index in [-0.39, 0.29) is 31.6 Å². The SMILES string of the molecule is COC1C(OP(=O)([O-])C(C)C)C(C2CC2P(=O)([O-])[O-])OC1n1ccc(=O)[nH]c1=O.COCCOC1C(OP(=O)([O-])C(C)C)C(C2CC2P(=O)([O-])[O-])OC1n1cc(C)c(=O)[nH]c1=O. The van der Waals surface area contributed by atoms with Crippen LogP contribution in [0.4, 0.5) is 0 Å². The predicted octanol–water partition coefficient (Wildman–Crippen LogP) is -3.48. The smallest absolute Gasteiger partial charge is 0.330 e. The standard InChI is InChI=1S/C18H30N2O11P2.C15H24N2O10P2/c1-9(2)33(26,27)31-14-13(11-7-12(11)32(23,24)25)30-17(15(14)29-6-5-28-4)20-8-10(3)16(21)19-18(20)22;1-7(2)29(23,24)27-12-11(8-6-9(8)28(20,21)22)26-14(13(12)25-3)17-5-4-10(18)16-15(17)19/h8-9,11-15,17H,5-7H2,1-4H3,(H,26,27)(H,19,21,22)(H2,23,24,25);4-5,7-9,11-14H,6H2,1-3H3,(H,23,24)(H,16,18,19)(H2,20,21,22)/p-6. The molecular weight excluding hydrogens is 912 g/mol. The Morgan fingerprint density at radius 2 is 1.18 bits per heavy atom. The topological polar surface area (TPSA) is 381 Å². The van der Waals surface area contributed by atoms with E-state index in [4.69, 9.17) is 32.7 Å². The van der Waals surface area contributed by atoms with Gasteiger partial charge in [0.1, 0.15) is 39.6 Å². The second kappa shape index (κ2) is 19.3. The van der Waals surface area contributed by atoms with Gasteiger partial charge in [0.05, 0.1) is 25.4 Å². The second-order valence-corrected chi connectivity index (χ2v) is 24.1. The van der Waals surface area contributed by atoms with Gasteiger partial charge in [-0.1, -0.05) is 42.9 Å². The summed E-state index contributed by atoms with van der Waals surface area (Å²) in [6, 6.07) is 1.07. The average molecular weight is 961 g/mol. The number of aromatic amines is 2. The van der Waals surface area contributed by atoms with Gasteiger partial charge in [-0.05, 0) is 42.9 Å². The molecule has 2 aromatic heterocycles. The number of methoxy groups -OCH3 is 2. The highest BCUT2D eigenvalue weighted by Crippen LogP contribution is 2.61. The summed E-state index contributed by atoms with van der Waals surface area (Å²) in [5, 5.41) is 0. The van der Waals surface area contributed by atoms with Crippen molar-refractivity contribution in [2.75, 3.05) is 27.4 Å². The summed E-state index contributed by atoms with van der Waals surface area (Å²) >= 11 is 0. The average Bonchev–Trinajstić information content (AvgIpc) is 4.07. The molecule has 2 saturated heterocycles. The van der Waals surface area contributed by atoms with Crippen LogP contribution in [0.15, 0.2) is 37.6 Å². The van der Waals surface area contributed by atoms with Crippen molar-refractivity contribution in [2.45, 2.75) is 119 Å². The van der Waals surface area contributed by atoms with Gasteiger partial charge in [-0.2, -0.15) is 0 Å². The molecule has 0 amide bonds. The summed E-state index contributed by atoms with van der Waals surface area (Å²) < 4.78 is 88.6. The molecular formula is C33H48N4O21P4-6. The van der Waals surface area contributed by atoms with E-state index >= 15 is 0 Å². The molecule has 14 atom stereocenters. The first-order chi connectivity index (χ1) is 28.6. The van der Waals surface area contributed by atoms with Crippen LogP contribution in [0.3, 0.4) is 0 Å². The van der Waals surface area contributed by atoms with Crippen LogP contribution in [0.25, 0.3) is 0 Å². The van der Waals surface area contributed by atoms with E-state index in [1.165, 1.54) is 55.0 Å². The van der Waals surface area contributed by atoms with Gasteiger partial charge < -0.3 is 80.4 Å². The maximum Gasteiger partial charge on any atom is 0.330 e. The molecule has 14 unspecified atom stereocenters. The fraction of sp³-hybridized carbons (Fsp3) is 0.758. The first-order valence-corrected chi connectivity index (χ1v) is 25.7. The van der Waals surface area contributed by atoms with E-state index in [9.17, 15) is 66.8 Å². The molecule has 4 fully saturated rings. The van der Waals surface area contributed by atoms with E-state index < -0.39 is 136 Å². The number of aryl methyl sites for hydroxylation is 1. The summed E-state index contributed by atoms with van der Waals surface area (Å²) in [5.41, 5.74) is -6.99. The van der Waals surface area contributed by atoms with Gasteiger partial charge in [0.25, 0.3) is 11.1 Å². The lowest BCUT2D eigenvalue weighted by Gasteiger charge is -2.35. The summed E-state index contributed by atoms with van der Waals surface area (Å²) in [4.78, 5) is 123. The minimum atomic E-state index is -4.95. The highest BCUT2D eigenvalue weighted by molar-refractivity contribution is 7.52. The molecule has 2 saturated carbocycles. The zero-order valence-corrected chi connectivity index (χ0v) is 38.0. The summed E-state index contributed by atoms with van der Waals surface area (Å²) in [6.45, 7) is 7.21. The molecule has 25 nitrogen and oxygen atoms in total. The van der Waals surface area contributed by atoms with Gasteiger partial charge >= 0.3 is 11.4 Å². The van der Waals surface area contributed by atoms with Crippen molar-refractivity contribution in [3.63, 3.8) is 0 Å². The molecule has 0 radical (unpaired) electrons. The fourth-order valence-electron chi connectivity index (χ4n) is 7.22. The van der Waals surface area contributed by atoms with Crippen LogP contribution >= 0.6 is 30.4 Å². The van der Waals surface area contributed by atoms with Gasteiger partial charge in [-0.25, -0.2) is 9.59 Å². The molecule has 2 aliphatic carbocycles. The highest BCUT2D eigenvalue weighted by Gasteiger charge is 2.59. The van der Waals surface area contributed by atoms with Crippen LogP contribution in [-0.2, 0) is 51.0 Å². The van der Waals surface area contributed by atoms with Gasteiger partial charge in [0.15, 0.2) is 12.5 Å². The van der Waals surface area contributed by atoms with E-state index in [2.05, 4.69) is 4.98 Å². The lowest BCUT2D eigenvalue weighted by molar-refractivity contribution is -0.316. The van der Waals surface area contributed by atoms with E-state index in [1.807, 2.05) is 4.98 Å². The van der Waals surface area contributed by atoms with Gasteiger partial charge in [-0.3, -0.25) is 28.7 Å². The maximum absolute atomic E-state index is 12.6. The molecule has 0 spiro atoms. The van der Waals surface area contributed by atoms with Crippen molar-refractivity contribution in [2.24, 2.45) is 11.8 Å². The highest BCUT2D eigenvalue weighted by atomic mass is 31.2. The Morgan fingerprint density at radius 1 is 0.710 bits per heavy atom. The number of aromatic nitrogens is 4. The van der Waals surface area contributed by atoms with Crippen LogP contribution < -0.4 is 51.9 Å². The number of rotatable bonds is 17. The van der Waals surface area contributed by atoms with Crippen molar-refractivity contribution in [1.82, 2.24) is 19.1 Å². The second-order valence-electron chi connectivity index (χ2n) is 15.9. The third-order valence-corrected chi connectivity index (χ3v) is 17.4. The Balaban J connectivity index is 0.000000236. The number of nitrogens with one attached hydrogen (secondary N) is 2. The Hall–Kier alpha value is -2.24. The van der Waals surface area contributed by atoms with Gasteiger partial charge in [0, 0.05) is 49.6 Å². The zero-order chi connectivity index (χ0) is 46.4. The van der Waals surface area contributed by atoms with Crippen LogP contribution in [0.2, 0.25) is 0 Å². The van der Waals surface area contributed by atoms with E-state index in [0.29, 0.717) is 0 Å². The van der Waals surface area contributed by atoms with Crippen LogP contribution in [0.5, 0.6) is 0 Å². The first kappa shape index (κ1) is 50.8. The van der Waals surface area contributed by atoms with Gasteiger partial charge in [0.2, 0.25) is 0 Å². The number of hydrogen-bond acceptors (Lipinski definition) is 21. The number of nitrogens with zero attached hydrogens (tertiary/aromatic N) is 2. The number of hydrogen-bond donors (Lipinski definition) is 2. The summed E-state index contributed by atoms with van der Waals surface area (Å²) in [6.07, 6.45) is -7.33. The monoisotopic (exact) mass is 960 g/mol. The van der Waals surface area contributed by atoms with Crippen LogP contribution in [0, 0.1) is 18.8 Å². The summed E-state index contributed by atoms with van der Waals surface area (Å²) in [5.74, 6) is -1.63. The molecule has 62 heavy (non-hydrogen) atoms. The van der Waals surface area contributed by atoms with E-state index in [1.54, 1.807) is 0 Å². The normalized spacial score (nSPS) is 32.9. The van der Waals surface area contributed by atoms with Crippen molar-refractivity contribution in [3.05, 3.63) is 65.7 Å². The van der Waals surface area contributed by atoms with Gasteiger partial charge in [-0.15, -0.1) is 0 Å². The lowest BCUT2D eigenvalue weighted by atomic mass is 10.1. The zero-order valence-electron chi connectivity index (χ0n) is 34.4. The van der Waals surface area contributed by atoms with E-state index in [0.717, 1.165) is 21.4 Å². The Labute approximate surface area is 353 Å². The first-order valence-electron chi connectivity index (χ1n) is 19.2. The predicted molar refractivity (Wildman–Crippen MR) is 202 cm³/mol. The molecule has 4 heterocycles. The molecule has 4 aliphatic rings. The minimum Gasteiger partial charge on any atom is -0.811 e. The maximum atomic E-state index is 12.6. The third-order valence-electron chi connectivity index (χ3n) is 10.9. The molecule has 2 aromatic rings. The molecule has 2 N–H and O–H groups in total. The Bertz CT molecular complexity index is 2360. The lowest BCUT2D eigenvalue weighted by Crippen LogP contribution is -2.42. The fourth-order valence-corrected chi connectivity index (χ4v) is 11.1. The molecule has 352 valence electrons. The van der Waals surface area contributed by atoms with Crippen molar-refractivity contribution >= 4 is 30.4 Å². The summed E-state index contributed by atoms with van der Waals surface area (Å²) in [7, 11) is -16.0. The van der Waals surface area contributed by atoms with Crippen LogP contribution in [-0.4, -0.2) is 106 Å². The Kier molecular flexibility index (Phi) is 15.8. The quantitative estimate of drug-likeness (QED) is 0.115. The van der Waals surface area contributed by atoms with Crippen molar-refractivity contribution < 1.29 is 80.4 Å². The van der Waals surface area contributed by atoms with Crippen molar-refractivity contribution in [3.8, 4) is 0 Å². The Morgan fingerprint density at radius 3 is 1.60 bits per heavy atom. The molecule has 0 bridgehead atoms. The van der Waals surface area contributed by atoms with Crippen LogP contribution in [0.1, 0.15) is 58.6 Å². The number of H-pyrrole nitrogens is 2. The molecule has 2 aliphatic heterocycles.